The molecule has 5 heteroatoms. The van der Waals surface area contributed by atoms with Crippen molar-refractivity contribution >= 4 is 11.9 Å². The number of benzene rings is 2. The summed E-state index contributed by atoms with van der Waals surface area (Å²) in [5.74, 6) is -1.39. The summed E-state index contributed by atoms with van der Waals surface area (Å²) in [5.41, 5.74) is 2.64. The molecule has 0 spiro atoms. The number of carboxylic acids is 2. The van der Waals surface area contributed by atoms with Crippen molar-refractivity contribution in [3.63, 3.8) is 0 Å². The van der Waals surface area contributed by atoms with Crippen LogP contribution in [-0.4, -0.2) is 28.8 Å². The first kappa shape index (κ1) is 14.6. The van der Waals surface area contributed by atoms with E-state index < -0.39 is 11.9 Å². The van der Waals surface area contributed by atoms with Crippen LogP contribution in [0.2, 0.25) is 0 Å². The number of hydrogen-bond donors (Lipinski definition) is 2. The molecule has 0 bridgehead atoms. The Kier molecular flexibility index (Phi) is 4.56. The normalized spacial score (nSPS) is 10.1. The first-order valence-corrected chi connectivity index (χ1v) is 6.30. The number of rotatable bonds is 6. The minimum atomic E-state index is -1.02. The maximum Gasteiger partial charge on any atom is 0.341 e. The van der Waals surface area contributed by atoms with Crippen molar-refractivity contribution in [3.8, 4) is 16.9 Å². The molecule has 0 fully saturated rings. The zero-order valence-electron chi connectivity index (χ0n) is 11.2. The van der Waals surface area contributed by atoms with Gasteiger partial charge in [0.05, 0.1) is 6.42 Å². The third kappa shape index (κ3) is 4.35. The van der Waals surface area contributed by atoms with Gasteiger partial charge in [-0.2, -0.15) is 0 Å². The predicted molar refractivity (Wildman–Crippen MR) is 76.3 cm³/mol. The van der Waals surface area contributed by atoms with Crippen LogP contribution in [0.5, 0.6) is 5.75 Å². The summed E-state index contributed by atoms with van der Waals surface area (Å²) in [4.78, 5) is 21.0. The molecule has 2 rings (SSSR count). The molecule has 0 aliphatic heterocycles. The van der Waals surface area contributed by atoms with Crippen molar-refractivity contribution in [2.45, 2.75) is 6.42 Å². The van der Waals surface area contributed by atoms with Gasteiger partial charge in [-0.1, -0.05) is 36.4 Å². The van der Waals surface area contributed by atoms with Gasteiger partial charge in [0.1, 0.15) is 5.75 Å². The van der Waals surface area contributed by atoms with E-state index in [1.807, 2.05) is 24.3 Å². The Balaban J connectivity index is 2.07. The Bertz CT molecular complexity index is 629. The summed E-state index contributed by atoms with van der Waals surface area (Å²) in [6.45, 7) is -0.372. The maximum absolute atomic E-state index is 10.6. The van der Waals surface area contributed by atoms with Gasteiger partial charge in [0.15, 0.2) is 6.61 Å². The van der Waals surface area contributed by atoms with E-state index in [4.69, 9.17) is 14.9 Å². The van der Waals surface area contributed by atoms with Gasteiger partial charge in [0, 0.05) is 0 Å². The highest BCUT2D eigenvalue weighted by atomic mass is 16.5. The van der Waals surface area contributed by atoms with E-state index in [-0.39, 0.29) is 13.0 Å². The minimum Gasteiger partial charge on any atom is -0.482 e. The molecule has 0 aliphatic carbocycles. The van der Waals surface area contributed by atoms with E-state index >= 15 is 0 Å². The predicted octanol–water partition coefficient (Wildman–Crippen LogP) is 2.44. The second kappa shape index (κ2) is 6.56. The second-order valence-electron chi connectivity index (χ2n) is 4.47. The lowest BCUT2D eigenvalue weighted by Gasteiger charge is -2.06. The average molecular weight is 286 g/mol. The molecule has 0 saturated heterocycles. The Morgan fingerprint density at radius 3 is 1.81 bits per heavy atom. The molecule has 5 nitrogen and oxygen atoms in total. The highest BCUT2D eigenvalue weighted by Gasteiger charge is 2.03. The van der Waals surface area contributed by atoms with Crippen LogP contribution < -0.4 is 4.74 Å². The molecular weight excluding hydrogens is 272 g/mol. The zero-order chi connectivity index (χ0) is 15.2. The van der Waals surface area contributed by atoms with Crippen LogP contribution in [-0.2, 0) is 16.0 Å². The molecule has 0 unspecified atom stereocenters. The molecule has 0 radical (unpaired) electrons. The third-order valence-electron chi connectivity index (χ3n) is 2.86. The fourth-order valence-electron chi connectivity index (χ4n) is 1.88. The average Bonchev–Trinajstić information content (AvgIpc) is 2.46. The largest absolute Gasteiger partial charge is 0.482 e. The van der Waals surface area contributed by atoms with Crippen molar-refractivity contribution in [1.82, 2.24) is 0 Å². The van der Waals surface area contributed by atoms with Crippen LogP contribution in [0.15, 0.2) is 48.5 Å². The smallest absolute Gasteiger partial charge is 0.341 e. The van der Waals surface area contributed by atoms with Gasteiger partial charge >= 0.3 is 11.9 Å². The van der Waals surface area contributed by atoms with Crippen LogP contribution >= 0.6 is 0 Å². The number of hydrogen-bond acceptors (Lipinski definition) is 3. The highest BCUT2D eigenvalue weighted by Crippen LogP contribution is 2.23. The van der Waals surface area contributed by atoms with Crippen LogP contribution in [0.25, 0.3) is 11.1 Å². The van der Waals surface area contributed by atoms with Crippen molar-refractivity contribution in [1.29, 1.82) is 0 Å². The van der Waals surface area contributed by atoms with Crippen LogP contribution in [0, 0.1) is 0 Å². The number of aliphatic carboxylic acids is 2. The molecule has 2 aromatic rings. The maximum atomic E-state index is 10.6. The van der Waals surface area contributed by atoms with Gasteiger partial charge in [-0.05, 0) is 28.8 Å². The van der Waals surface area contributed by atoms with Crippen molar-refractivity contribution in [3.05, 3.63) is 54.1 Å². The third-order valence-corrected chi connectivity index (χ3v) is 2.86. The summed E-state index contributed by atoms with van der Waals surface area (Å²) in [6, 6.07) is 14.3. The lowest BCUT2D eigenvalue weighted by Crippen LogP contribution is -2.09. The summed E-state index contributed by atoms with van der Waals surface area (Å²) in [7, 11) is 0. The Hall–Kier alpha value is -2.82. The summed E-state index contributed by atoms with van der Waals surface area (Å²) >= 11 is 0. The van der Waals surface area contributed by atoms with Crippen molar-refractivity contribution < 1.29 is 24.5 Å². The van der Waals surface area contributed by atoms with E-state index in [1.54, 1.807) is 24.3 Å². The van der Waals surface area contributed by atoms with Gasteiger partial charge in [-0.25, -0.2) is 4.79 Å². The van der Waals surface area contributed by atoms with E-state index in [9.17, 15) is 9.59 Å². The first-order chi connectivity index (χ1) is 10.0. The molecule has 2 aromatic carbocycles. The van der Waals surface area contributed by atoms with Gasteiger partial charge < -0.3 is 14.9 Å². The highest BCUT2D eigenvalue weighted by molar-refractivity contribution is 5.71. The Morgan fingerprint density at radius 2 is 1.33 bits per heavy atom. The molecule has 0 saturated carbocycles. The minimum absolute atomic E-state index is 0.00223. The van der Waals surface area contributed by atoms with E-state index in [2.05, 4.69) is 0 Å². The van der Waals surface area contributed by atoms with E-state index in [0.717, 1.165) is 16.7 Å². The molecule has 0 atom stereocenters. The summed E-state index contributed by atoms with van der Waals surface area (Å²) < 4.78 is 5.06. The lowest BCUT2D eigenvalue weighted by atomic mass is 10.0. The summed E-state index contributed by atoms with van der Waals surface area (Å²) in [6.07, 6.45) is 0.00223. The van der Waals surface area contributed by atoms with Crippen molar-refractivity contribution in [2.75, 3.05) is 6.61 Å². The monoisotopic (exact) mass is 286 g/mol. The molecule has 0 aromatic heterocycles. The standard InChI is InChI=1S/C16H14O5/c17-15(18)9-11-1-3-12(4-2-11)13-5-7-14(8-6-13)21-10-16(19)20/h1-8H,9-10H2,(H,17,18)(H,19,20). The van der Waals surface area contributed by atoms with Crippen LogP contribution in [0.1, 0.15) is 5.56 Å². The number of ether oxygens (including phenoxy) is 1. The van der Waals surface area contributed by atoms with Crippen LogP contribution in [0.4, 0.5) is 0 Å². The number of carbonyl (C=O) groups is 2. The summed E-state index contributed by atoms with van der Waals surface area (Å²) in [5, 5.41) is 17.2. The molecule has 2 N–H and O–H groups in total. The van der Waals surface area contributed by atoms with Gasteiger partial charge in [-0.3, -0.25) is 4.79 Å². The molecule has 0 aliphatic rings. The number of carboxylic acid groups (broad SMARTS) is 2. The SMILES string of the molecule is O=C(O)COc1ccc(-c2ccc(CC(=O)O)cc2)cc1. The van der Waals surface area contributed by atoms with E-state index in [0.29, 0.717) is 5.75 Å². The van der Waals surface area contributed by atoms with Gasteiger partial charge in [0.25, 0.3) is 0 Å². The first-order valence-electron chi connectivity index (χ1n) is 6.30. The topological polar surface area (TPSA) is 83.8 Å². The van der Waals surface area contributed by atoms with Gasteiger partial charge in [-0.15, -0.1) is 0 Å². The lowest BCUT2D eigenvalue weighted by molar-refractivity contribution is -0.139. The Morgan fingerprint density at radius 1 is 0.810 bits per heavy atom. The second-order valence-corrected chi connectivity index (χ2v) is 4.47. The Labute approximate surface area is 121 Å². The molecule has 108 valence electrons. The van der Waals surface area contributed by atoms with Crippen molar-refractivity contribution in [2.24, 2.45) is 0 Å². The zero-order valence-corrected chi connectivity index (χ0v) is 11.2. The molecule has 0 amide bonds. The van der Waals surface area contributed by atoms with E-state index in [1.165, 1.54) is 0 Å². The fourth-order valence-corrected chi connectivity index (χ4v) is 1.88. The van der Waals surface area contributed by atoms with Crippen LogP contribution in [0.3, 0.4) is 0 Å². The fraction of sp³-hybridized carbons (Fsp3) is 0.125. The molecule has 0 heterocycles. The molecular formula is C16H14O5. The quantitative estimate of drug-likeness (QED) is 0.852. The molecule has 21 heavy (non-hydrogen) atoms. The van der Waals surface area contributed by atoms with Gasteiger partial charge in [0.2, 0.25) is 0 Å².